The second-order valence-corrected chi connectivity index (χ2v) is 8.53. The second-order valence-electron chi connectivity index (χ2n) is 7.30. The van der Waals surface area contributed by atoms with Gasteiger partial charge in [-0.3, -0.25) is 4.79 Å². The van der Waals surface area contributed by atoms with E-state index in [1.165, 1.54) is 12.5 Å². The first-order valence-electron chi connectivity index (χ1n) is 10.4. The van der Waals surface area contributed by atoms with Crippen LogP contribution in [0.5, 0.6) is 0 Å². The summed E-state index contributed by atoms with van der Waals surface area (Å²) in [6.45, 7) is 4.67. The number of nitrogens with zero attached hydrogens (tertiary/aromatic N) is 5. The molecule has 3 heterocycles. The number of anilines is 1. The van der Waals surface area contributed by atoms with Gasteiger partial charge in [-0.1, -0.05) is 18.7 Å². The molecule has 10 heteroatoms. The summed E-state index contributed by atoms with van der Waals surface area (Å²) in [6, 6.07) is 3.08. The predicted octanol–water partition coefficient (Wildman–Crippen LogP) is 3.64. The lowest BCUT2D eigenvalue weighted by atomic mass is 10.1. The van der Waals surface area contributed by atoms with Gasteiger partial charge in [-0.2, -0.15) is 5.10 Å². The maximum absolute atomic E-state index is 13.4. The number of fused-ring (bicyclic) bond motifs is 1. The van der Waals surface area contributed by atoms with Gasteiger partial charge < -0.3 is 10.2 Å². The van der Waals surface area contributed by atoms with Crippen LogP contribution in [-0.4, -0.2) is 51.0 Å². The Morgan fingerprint density at radius 3 is 2.71 bits per heavy atom. The van der Waals surface area contributed by atoms with Gasteiger partial charge in [-0.15, -0.1) is 0 Å². The molecule has 0 spiro atoms. The van der Waals surface area contributed by atoms with Crippen molar-refractivity contribution in [2.45, 2.75) is 37.9 Å². The zero-order valence-corrected chi connectivity index (χ0v) is 18.1. The molecular weight excluding hydrogens is 422 g/mol. The molecule has 0 radical (unpaired) electrons. The minimum Gasteiger partial charge on any atom is -0.356 e. The first kappa shape index (κ1) is 21.5. The summed E-state index contributed by atoms with van der Waals surface area (Å²) in [5.74, 6) is -0.722. The normalized spacial score (nSPS) is 14.2. The van der Waals surface area contributed by atoms with Crippen LogP contribution in [0.25, 0.3) is 11.0 Å². The Morgan fingerprint density at radius 1 is 1.16 bits per heavy atom. The van der Waals surface area contributed by atoms with E-state index in [9.17, 15) is 13.6 Å². The van der Waals surface area contributed by atoms with Crippen LogP contribution in [0.2, 0.25) is 0 Å². The molecule has 7 nitrogen and oxygen atoms in total. The van der Waals surface area contributed by atoms with E-state index >= 15 is 0 Å². The Hall–Kier alpha value is -2.75. The van der Waals surface area contributed by atoms with Gasteiger partial charge in [-0.25, -0.2) is 23.4 Å². The summed E-state index contributed by atoms with van der Waals surface area (Å²) in [5.41, 5.74) is 0.800. The molecule has 1 aliphatic rings. The summed E-state index contributed by atoms with van der Waals surface area (Å²) in [5, 5.41) is 8.79. The molecule has 1 N–H and O–H groups in total. The molecule has 1 amide bonds. The van der Waals surface area contributed by atoms with Crippen molar-refractivity contribution in [3.63, 3.8) is 0 Å². The van der Waals surface area contributed by atoms with Crippen molar-refractivity contribution in [2.24, 2.45) is 0 Å². The van der Waals surface area contributed by atoms with E-state index in [1.807, 2.05) is 0 Å². The minimum atomic E-state index is -1.05. The van der Waals surface area contributed by atoms with Crippen molar-refractivity contribution >= 4 is 34.5 Å². The highest BCUT2D eigenvalue weighted by atomic mass is 32.2. The lowest BCUT2D eigenvalue weighted by molar-refractivity contribution is 0.0951. The molecule has 0 aliphatic carbocycles. The Bertz CT molecular complexity index is 1080. The Balaban J connectivity index is 1.51. The van der Waals surface area contributed by atoms with Crippen molar-refractivity contribution in [1.29, 1.82) is 0 Å². The molecule has 1 saturated heterocycles. The number of hydrogen-bond acceptors (Lipinski definition) is 6. The van der Waals surface area contributed by atoms with E-state index in [0.717, 1.165) is 60.7 Å². The Labute approximate surface area is 183 Å². The van der Waals surface area contributed by atoms with Crippen molar-refractivity contribution in [2.75, 3.05) is 30.3 Å². The molecule has 1 fully saturated rings. The van der Waals surface area contributed by atoms with Crippen LogP contribution in [0.4, 0.5) is 14.6 Å². The third-order valence-corrected chi connectivity index (χ3v) is 5.91. The number of thioether (sulfide) groups is 1. The monoisotopic (exact) mass is 446 g/mol. The van der Waals surface area contributed by atoms with Gasteiger partial charge in [0.1, 0.15) is 5.82 Å². The van der Waals surface area contributed by atoms with Crippen LogP contribution in [0.3, 0.4) is 0 Å². The van der Waals surface area contributed by atoms with Crippen LogP contribution in [0.15, 0.2) is 29.6 Å². The van der Waals surface area contributed by atoms with Gasteiger partial charge in [-0.05, 0) is 43.2 Å². The molecule has 2 aromatic heterocycles. The van der Waals surface area contributed by atoms with E-state index < -0.39 is 17.5 Å². The number of amides is 1. The maximum Gasteiger partial charge on any atom is 0.251 e. The SMILES string of the molecule is CCSc1nc(N2CCCCC2)c2cnn(CCNC(=O)c3ccc(F)c(F)c3)c2n1. The second kappa shape index (κ2) is 9.59. The third-order valence-electron chi connectivity index (χ3n) is 5.18. The number of hydrogen-bond donors (Lipinski definition) is 1. The van der Waals surface area contributed by atoms with Gasteiger partial charge in [0, 0.05) is 25.2 Å². The molecule has 0 atom stereocenters. The Morgan fingerprint density at radius 2 is 1.97 bits per heavy atom. The smallest absolute Gasteiger partial charge is 0.251 e. The molecule has 0 bridgehead atoms. The van der Waals surface area contributed by atoms with Crippen LogP contribution < -0.4 is 10.2 Å². The van der Waals surface area contributed by atoms with Gasteiger partial charge in [0.2, 0.25) is 0 Å². The molecule has 1 aromatic carbocycles. The predicted molar refractivity (Wildman–Crippen MR) is 116 cm³/mol. The number of nitrogens with one attached hydrogen (secondary N) is 1. The van der Waals surface area contributed by atoms with E-state index in [4.69, 9.17) is 4.98 Å². The summed E-state index contributed by atoms with van der Waals surface area (Å²) < 4.78 is 28.2. The maximum atomic E-state index is 13.4. The fourth-order valence-corrected chi connectivity index (χ4v) is 4.20. The van der Waals surface area contributed by atoms with Crippen LogP contribution in [0, 0.1) is 11.6 Å². The molecular formula is C21H24F2N6OS. The summed E-state index contributed by atoms with van der Waals surface area (Å²) >= 11 is 1.58. The molecule has 0 saturated carbocycles. The highest BCUT2D eigenvalue weighted by Gasteiger charge is 2.20. The van der Waals surface area contributed by atoms with E-state index in [0.29, 0.717) is 11.7 Å². The highest BCUT2D eigenvalue weighted by Crippen LogP contribution is 2.29. The number of carbonyl (C=O) groups is 1. The van der Waals surface area contributed by atoms with Crippen molar-refractivity contribution in [3.05, 3.63) is 41.6 Å². The van der Waals surface area contributed by atoms with Crippen LogP contribution in [0.1, 0.15) is 36.5 Å². The molecule has 164 valence electrons. The zero-order chi connectivity index (χ0) is 21.8. The Kier molecular flexibility index (Phi) is 6.64. The number of halogens is 2. The van der Waals surface area contributed by atoms with Gasteiger partial charge >= 0.3 is 0 Å². The lowest BCUT2D eigenvalue weighted by Crippen LogP contribution is -2.30. The average molecular weight is 447 g/mol. The number of aromatic nitrogens is 4. The van der Waals surface area contributed by atoms with E-state index in [2.05, 4.69) is 27.2 Å². The largest absolute Gasteiger partial charge is 0.356 e. The zero-order valence-electron chi connectivity index (χ0n) is 17.3. The minimum absolute atomic E-state index is 0.0700. The van der Waals surface area contributed by atoms with Gasteiger partial charge in [0.25, 0.3) is 5.91 Å². The summed E-state index contributed by atoms with van der Waals surface area (Å²) in [6.07, 6.45) is 5.30. The number of piperidine rings is 1. The molecule has 4 rings (SSSR count). The average Bonchev–Trinajstić information content (AvgIpc) is 3.19. The van der Waals surface area contributed by atoms with Crippen molar-refractivity contribution in [1.82, 2.24) is 25.1 Å². The molecule has 0 unspecified atom stereocenters. The van der Waals surface area contributed by atoms with Gasteiger partial charge in [0.05, 0.1) is 18.1 Å². The van der Waals surface area contributed by atoms with Crippen LogP contribution in [-0.2, 0) is 6.54 Å². The van der Waals surface area contributed by atoms with Crippen molar-refractivity contribution < 1.29 is 13.6 Å². The lowest BCUT2D eigenvalue weighted by Gasteiger charge is -2.28. The number of benzene rings is 1. The molecule has 1 aliphatic heterocycles. The highest BCUT2D eigenvalue weighted by molar-refractivity contribution is 7.99. The first-order chi connectivity index (χ1) is 15.1. The number of rotatable bonds is 7. The quantitative estimate of drug-likeness (QED) is 0.441. The van der Waals surface area contributed by atoms with Crippen molar-refractivity contribution in [3.8, 4) is 0 Å². The summed E-state index contributed by atoms with van der Waals surface area (Å²) in [7, 11) is 0. The summed E-state index contributed by atoms with van der Waals surface area (Å²) in [4.78, 5) is 24.0. The standard InChI is InChI=1S/C21H24F2N6OS/c1-2-31-21-26-18(28-9-4-3-5-10-28)15-13-25-29(19(15)27-21)11-8-24-20(30)14-6-7-16(22)17(23)12-14/h6-7,12-13H,2-5,8-11H2,1H3,(H,24,30). The van der Waals surface area contributed by atoms with E-state index in [-0.39, 0.29) is 12.1 Å². The van der Waals surface area contributed by atoms with Crippen LogP contribution >= 0.6 is 11.8 Å². The van der Waals surface area contributed by atoms with Gasteiger partial charge in [0.15, 0.2) is 22.4 Å². The fraction of sp³-hybridized carbons (Fsp3) is 0.429. The third kappa shape index (κ3) is 4.79. The topological polar surface area (TPSA) is 75.9 Å². The fourth-order valence-electron chi connectivity index (χ4n) is 3.64. The van der Waals surface area contributed by atoms with E-state index in [1.54, 1.807) is 22.6 Å². The number of carbonyl (C=O) groups excluding carboxylic acids is 1. The molecule has 3 aromatic rings. The molecule has 31 heavy (non-hydrogen) atoms. The first-order valence-corrected chi connectivity index (χ1v) is 11.4.